The fourth-order valence-corrected chi connectivity index (χ4v) is 4.81. The fourth-order valence-electron chi connectivity index (χ4n) is 3.54. The van der Waals surface area contributed by atoms with Gasteiger partial charge in [-0.2, -0.15) is 0 Å². The molecule has 1 unspecified atom stereocenters. The Morgan fingerprint density at radius 1 is 1.41 bits per heavy atom. The molecule has 0 amide bonds. The molecular weight excluding hydrogens is 452 g/mol. The predicted molar refractivity (Wildman–Crippen MR) is 122 cm³/mol. The second-order valence-electron chi connectivity index (χ2n) is 7.80. The van der Waals surface area contributed by atoms with E-state index >= 15 is 0 Å². The molecule has 1 fully saturated rings. The lowest BCUT2D eigenvalue weighted by molar-refractivity contribution is -0.151. The van der Waals surface area contributed by atoms with Crippen molar-refractivity contribution in [2.24, 2.45) is 16.8 Å². The zero-order chi connectivity index (χ0) is 21.3. The van der Waals surface area contributed by atoms with E-state index in [0.717, 1.165) is 59.5 Å². The zero-order valence-electron chi connectivity index (χ0n) is 17.7. The summed E-state index contributed by atoms with van der Waals surface area (Å²) in [6.45, 7) is 7.07. The van der Waals surface area contributed by atoms with E-state index in [1.165, 1.54) is 11.3 Å². The third kappa shape index (κ3) is 7.30. The number of rotatable bonds is 10. The number of aliphatic hydroxyl groups is 1. The molecule has 0 saturated heterocycles. The molecule has 1 N–H and O–H groups in total. The number of carbonyl (C=O) groups is 1. The van der Waals surface area contributed by atoms with Crippen molar-refractivity contribution >= 4 is 37.9 Å². The molecular formula is C22H33BrN2O3S. The Labute approximate surface area is 186 Å². The van der Waals surface area contributed by atoms with Gasteiger partial charge in [0.1, 0.15) is 15.2 Å². The Morgan fingerprint density at radius 2 is 2.14 bits per heavy atom. The van der Waals surface area contributed by atoms with E-state index in [1.54, 1.807) is 6.20 Å². The van der Waals surface area contributed by atoms with Crippen molar-refractivity contribution < 1.29 is 14.6 Å². The van der Waals surface area contributed by atoms with Crippen molar-refractivity contribution in [1.29, 1.82) is 0 Å². The Hall–Kier alpha value is -1.05. The Balaban J connectivity index is 1.90. The summed E-state index contributed by atoms with van der Waals surface area (Å²) in [5, 5.41) is 11.9. The van der Waals surface area contributed by atoms with Crippen molar-refractivity contribution in [3.63, 3.8) is 0 Å². The monoisotopic (exact) mass is 484 g/mol. The largest absolute Gasteiger partial charge is 0.465 e. The van der Waals surface area contributed by atoms with E-state index in [2.05, 4.69) is 39.8 Å². The van der Waals surface area contributed by atoms with Gasteiger partial charge < -0.3 is 9.84 Å². The van der Waals surface area contributed by atoms with Crippen LogP contribution in [-0.4, -0.2) is 27.3 Å². The number of hydrogen-bond donors (Lipinski definition) is 1. The lowest BCUT2D eigenvalue weighted by Crippen LogP contribution is -2.36. The molecule has 162 valence electrons. The summed E-state index contributed by atoms with van der Waals surface area (Å²) in [4.78, 5) is 22.2. The normalized spacial score (nSPS) is 22.6. The first-order chi connectivity index (χ1) is 13.9. The number of thiazole rings is 1. The summed E-state index contributed by atoms with van der Waals surface area (Å²) in [7, 11) is 0. The van der Waals surface area contributed by atoms with Crippen LogP contribution in [0.3, 0.4) is 0 Å². The Kier molecular flexibility index (Phi) is 9.99. The van der Waals surface area contributed by atoms with Gasteiger partial charge >= 0.3 is 5.97 Å². The maximum absolute atomic E-state index is 12.2. The zero-order valence-corrected chi connectivity index (χ0v) is 20.1. The number of carbonyl (C=O) groups excluding carboxylic acids is 1. The number of aromatic nitrogens is 1. The van der Waals surface area contributed by atoms with Gasteiger partial charge in [-0.05, 0) is 73.4 Å². The van der Waals surface area contributed by atoms with Crippen molar-refractivity contribution in [1.82, 2.24) is 4.98 Å². The summed E-state index contributed by atoms with van der Waals surface area (Å²) >= 11 is 4.96. The second kappa shape index (κ2) is 12.0. The van der Waals surface area contributed by atoms with Crippen LogP contribution in [0, 0.1) is 11.8 Å². The van der Waals surface area contributed by atoms with Crippen LogP contribution >= 0.6 is 27.3 Å². The molecule has 1 aliphatic rings. The minimum absolute atomic E-state index is 0.0337. The molecule has 0 spiro atoms. The van der Waals surface area contributed by atoms with Crippen molar-refractivity contribution in [3.8, 4) is 0 Å². The second-order valence-corrected chi connectivity index (χ2v) is 9.73. The first-order valence-electron chi connectivity index (χ1n) is 10.6. The lowest BCUT2D eigenvalue weighted by atomic mass is 9.74. The molecule has 0 aliphatic heterocycles. The maximum Gasteiger partial charge on any atom is 0.308 e. The van der Waals surface area contributed by atoms with Crippen LogP contribution in [0.5, 0.6) is 0 Å². The van der Waals surface area contributed by atoms with E-state index in [0.29, 0.717) is 13.2 Å². The van der Waals surface area contributed by atoms with Crippen LogP contribution < -0.4 is 0 Å². The summed E-state index contributed by atoms with van der Waals surface area (Å²) < 4.78 is 6.18. The molecule has 1 aliphatic carbocycles. The van der Waals surface area contributed by atoms with Gasteiger partial charge in [-0.15, -0.1) is 11.3 Å². The molecule has 1 aromatic rings. The molecule has 0 bridgehead atoms. The number of unbranched alkanes of at least 4 members (excludes halogenated alkanes) is 1. The topological polar surface area (TPSA) is 71.8 Å². The molecule has 7 heteroatoms. The van der Waals surface area contributed by atoms with Crippen LogP contribution in [0.4, 0.5) is 0 Å². The van der Waals surface area contributed by atoms with Crippen molar-refractivity contribution in [3.05, 3.63) is 28.2 Å². The highest BCUT2D eigenvalue weighted by Crippen LogP contribution is 2.42. The summed E-state index contributed by atoms with van der Waals surface area (Å²) in [6.07, 6.45) is 11.9. The van der Waals surface area contributed by atoms with Crippen LogP contribution in [0.1, 0.15) is 75.6 Å². The van der Waals surface area contributed by atoms with E-state index in [1.807, 2.05) is 19.1 Å². The summed E-state index contributed by atoms with van der Waals surface area (Å²) in [6, 6.07) is 0. The van der Waals surface area contributed by atoms with E-state index in [4.69, 9.17) is 4.74 Å². The number of aliphatic imine (C=N–C) groups is 1. The first-order valence-corrected chi connectivity index (χ1v) is 12.2. The van der Waals surface area contributed by atoms with Crippen molar-refractivity contribution in [2.45, 2.75) is 77.9 Å². The minimum Gasteiger partial charge on any atom is -0.465 e. The van der Waals surface area contributed by atoms with E-state index in [9.17, 15) is 9.90 Å². The van der Waals surface area contributed by atoms with Crippen LogP contribution in [-0.2, 0) is 21.7 Å². The Morgan fingerprint density at radius 3 is 2.79 bits per heavy atom. The van der Waals surface area contributed by atoms with Gasteiger partial charge in [-0.3, -0.25) is 9.79 Å². The van der Waals surface area contributed by atoms with Gasteiger partial charge in [0.05, 0.1) is 19.1 Å². The van der Waals surface area contributed by atoms with Gasteiger partial charge in [-0.25, -0.2) is 4.98 Å². The average molecular weight is 485 g/mol. The quantitative estimate of drug-likeness (QED) is 0.260. The van der Waals surface area contributed by atoms with Gasteiger partial charge in [0.2, 0.25) is 0 Å². The highest BCUT2D eigenvalue weighted by Gasteiger charge is 2.40. The average Bonchev–Trinajstić information content (AvgIpc) is 3.21. The number of ether oxygens (including phenoxy) is 1. The Bertz CT molecular complexity index is 707. The molecule has 1 heterocycles. The van der Waals surface area contributed by atoms with Gasteiger partial charge in [-0.1, -0.05) is 26.3 Å². The van der Waals surface area contributed by atoms with Crippen LogP contribution in [0.2, 0.25) is 0 Å². The number of hydrogen-bond acceptors (Lipinski definition) is 6. The summed E-state index contributed by atoms with van der Waals surface area (Å²) in [5.41, 5.74) is -0.983. The summed E-state index contributed by atoms with van der Waals surface area (Å²) in [5.74, 6) is -0.00817. The minimum atomic E-state index is -0.983. The van der Waals surface area contributed by atoms with E-state index < -0.39 is 5.60 Å². The third-order valence-corrected chi connectivity index (χ3v) is 7.19. The molecule has 1 atom stereocenters. The first kappa shape index (κ1) is 24.2. The van der Waals surface area contributed by atoms with Gasteiger partial charge in [0, 0.05) is 11.1 Å². The number of nitrogens with zero attached hydrogens (tertiary/aromatic N) is 2. The molecule has 29 heavy (non-hydrogen) atoms. The lowest BCUT2D eigenvalue weighted by Gasteiger charge is -2.36. The fraction of sp³-hybridized carbons (Fsp3) is 0.682. The van der Waals surface area contributed by atoms with E-state index in [-0.39, 0.29) is 17.8 Å². The number of allylic oxidation sites excluding steroid dienone is 2. The van der Waals surface area contributed by atoms with Gasteiger partial charge in [0.15, 0.2) is 0 Å². The molecule has 2 rings (SSSR count). The van der Waals surface area contributed by atoms with Crippen LogP contribution in [0.25, 0.3) is 0 Å². The van der Waals surface area contributed by atoms with Crippen molar-refractivity contribution in [2.75, 3.05) is 6.61 Å². The predicted octanol–water partition coefficient (Wildman–Crippen LogP) is 5.76. The SMILES string of the molecule is CCC=CC(Br)=NCc1cnc(C(C)(O)C2CCC(C(=O)OCCCC)CC2)s1. The maximum atomic E-state index is 12.2. The van der Waals surface area contributed by atoms with Gasteiger partial charge in [0.25, 0.3) is 0 Å². The molecule has 1 aromatic heterocycles. The molecule has 0 aromatic carbocycles. The smallest absolute Gasteiger partial charge is 0.308 e. The number of esters is 1. The van der Waals surface area contributed by atoms with Crippen LogP contribution in [0.15, 0.2) is 23.3 Å². The highest BCUT2D eigenvalue weighted by molar-refractivity contribution is 9.18. The highest BCUT2D eigenvalue weighted by atomic mass is 79.9. The number of halogens is 1. The molecule has 0 radical (unpaired) electrons. The molecule has 5 nitrogen and oxygen atoms in total. The third-order valence-electron chi connectivity index (χ3n) is 5.46. The standard InChI is InChI=1S/C22H33BrN2O3S/c1-4-6-8-19(23)24-14-18-15-25-21(29-18)22(3,27)17-11-9-16(10-12-17)20(26)28-13-7-5-2/h6,8,15-17,27H,4-5,7,9-14H2,1-3H3. The molecule has 1 saturated carbocycles.